The van der Waals surface area contributed by atoms with E-state index >= 15 is 0 Å². The summed E-state index contributed by atoms with van der Waals surface area (Å²) < 4.78 is 36.4. The fourth-order valence-corrected chi connectivity index (χ4v) is 0.937. The van der Waals surface area contributed by atoms with E-state index in [1.807, 2.05) is 19.9 Å². The summed E-state index contributed by atoms with van der Waals surface area (Å²) in [6, 6.07) is 2.16. The number of nitrogens with zero attached hydrogens (tertiary/aromatic N) is 2. The van der Waals surface area contributed by atoms with E-state index < -0.39 is 11.9 Å². The predicted molar refractivity (Wildman–Crippen MR) is 55.0 cm³/mol. The van der Waals surface area contributed by atoms with E-state index in [4.69, 9.17) is 0 Å². The minimum Gasteiger partial charge on any atom is -0.365 e. The monoisotopic (exact) mass is 231 g/mol. The molecule has 0 unspecified atom stereocenters. The van der Waals surface area contributed by atoms with Crippen LogP contribution in [0.15, 0.2) is 23.8 Å². The SMILES string of the molecule is CC(C)=CCNc1ccc(C(F)(F)F)nn1. The Morgan fingerprint density at radius 1 is 1.31 bits per heavy atom. The number of hydrogen-bond donors (Lipinski definition) is 1. The van der Waals surface area contributed by atoms with Crippen molar-refractivity contribution in [3.63, 3.8) is 0 Å². The molecule has 0 bridgehead atoms. The molecule has 0 amide bonds. The van der Waals surface area contributed by atoms with Gasteiger partial charge in [0.25, 0.3) is 0 Å². The van der Waals surface area contributed by atoms with Crippen molar-refractivity contribution in [1.29, 1.82) is 0 Å². The van der Waals surface area contributed by atoms with Crippen LogP contribution in [0.4, 0.5) is 19.0 Å². The van der Waals surface area contributed by atoms with Gasteiger partial charge in [-0.2, -0.15) is 13.2 Å². The third-order valence-electron chi connectivity index (χ3n) is 1.75. The highest BCUT2D eigenvalue weighted by molar-refractivity contribution is 5.34. The molecule has 0 fully saturated rings. The van der Waals surface area contributed by atoms with Crippen molar-refractivity contribution >= 4 is 5.82 Å². The number of alkyl halides is 3. The lowest BCUT2D eigenvalue weighted by Gasteiger charge is -2.05. The molecule has 1 N–H and O–H groups in total. The number of anilines is 1. The second kappa shape index (κ2) is 4.96. The summed E-state index contributed by atoms with van der Waals surface area (Å²) in [6.07, 6.45) is -2.54. The summed E-state index contributed by atoms with van der Waals surface area (Å²) in [5.74, 6) is 0.325. The number of hydrogen-bond acceptors (Lipinski definition) is 3. The molecule has 1 rings (SSSR count). The first-order chi connectivity index (χ1) is 7.39. The van der Waals surface area contributed by atoms with E-state index in [0.29, 0.717) is 12.4 Å². The van der Waals surface area contributed by atoms with Crippen LogP contribution < -0.4 is 5.32 Å². The number of nitrogens with one attached hydrogen (secondary N) is 1. The van der Waals surface area contributed by atoms with Gasteiger partial charge in [-0.1, -0.05) is 11.6 Å². The van der Waals surface area contributed by atoms with Gasteiger partial charge in [0.05, 0.1) is 0 Å². The van der Waals surface area contributed by atoms with E-state index in [1.54, 1.807) is 0 Å². The molecular formula is C10H12F3N3. The van der Waals surface area contributed by atoms with Gasteiger partial charge < -0.3 is 5.32 Å². The van der Waals surface area contributed by atoms with Crippen LogP contribution in [0, 0.1) is 0 Å². The molecule has 0 aliphatic carbocycles. The van der Waals surface area contributed by atoms with E-state index in [-0.39, 0.29) is 0 Å². The maximum absolute atomic E-state index is 12.1. The van der Waals surface area contributed by atoms with Crippen molar-refractivity contribution in [2.75, 3.05) is 11.9 Å². The lowest BCUT2D eigenvalue weighted by Crippen LogP contribution is -2.10. The molecule has 88 valence electrons. The second-order valence-corrected chi connectivity index (χ2v) is 3.46. The fourth-order valence-electron chi connectivity index (χ4n) is 0.937. The van der Waals surface area contributed by atoms with E-state index in [2.05, 4.69) is 15.5 Å². The van der Waals surface area contributed by atoms with Gasteiger partial charge in [0.1, 0.15) is 5.82 Å². The number of halogens is 3. The smallest absolute Gasteiger partial charge is 0.365 e. The standard InChI is InChI=1S/C10H12F3N3/c1-7(2)5-6-14-9-4-3-8(15-16-9)10(11,12)13/h3-5H,6H2,1-2H3,(H,14,16). The molecule has 16 heavy (non-hydrogen) atoms. The molecule has 0 atom stereocenters. The van der Waals surface area contributed by atoms with Crippen molar-refractivity contribution in [3.05, 3.63) is 29.5 Å². The Labute approximate surface area is 91.4 Å². The highest BCUT2D eigenvalue weighted by Gasteiger charge is 2.32. The largest absolute Gasteiger partial charge is 0.435 e. The van der Waals surface area contributed by atoms with Crippen LogP contribution in [0.25, 0.3) is 0 Å². The van der Waals surface area contributed by atoms with Crippen molar-refractivity contribution < 1.29 is 13.2 Å². The predicted octanol–water partition coefficient (Wildman–Crippen LogP) is 2.87. The molecule has 0 saturated carbocycles. The molecule has 1 aromatic rings. The molecule has 0 saturated heterocycles. The molecule has 1 heterocycles. The van der Waals surface area contributed by atoms with Crippen LogP contribution in [-0.4, -0.2) is 16.7 Å². The zero-order chi connectivity index (χ0) is 12.2. The van der Waals surface area contributed by atoms with Crippen LogP contribution in [0.1, 0.15) is 19.5 Å². The Morgan fingerprint density at radius 3 is 2.44 bits per heavy atom. The Balaban J connectivity index is 2.62. The number of allylic oxidation sites excluding steroid dienone is 1. The van der Waals surface area contributed by atoms with Gasteiger partial charge in [-0.05, 0) is 26.0 Å². The van der Waals surface area contributed by atoms with Gasteiger partial charge in [0, 0.05) is 6.54 Å². The second-order valence-electron chi connectivity index (χ2n) is 3.46. The highest BCUT2D eigenvalue weighted by atomic mass is 19.4. The first kappa shape index (κ1) is 12.5. The Kier molecular flexibility index (Phi) is 3.87. The van der Waals surface area contributed by atoms with E-state index in [9.17, 15) is 13.2 Å². The normalized spacial score (nSPS) is 11.1. The number of aromatic nitrogens is 2. The maximum Gasteiger partial charge on any atom is 0.435 e. The maximum atomic E-state index is 12.1. The zero-order valence-electron chi connectivity index (χ0n) is 8.97. The minimum absolute atomic E-state index is 0.325. The van der Waals surface area contributed by atoms with Crippen LogP contribution in [-0.2, 0) is 6.18 Å². The fraction of sp³-hybridized carbons (Fsp3) is 0.400. The van der Waals surface area contributed by atoms with Gasteiger partial charge in [0.2, 0.25) is 0 Å². The summed E-state index contributed by atoms with van der Waals surface area (Å²) in [7, 11) is 0. The van der Waals surface area contributed by atoms with Gasteiger partial charge in [-0.3, -0.25) is 0 Å². The van der Waals surface area contributed by atoms with Crippen LogP contribution in [0.2, 0.25) is 0 Å². The topological polar surface area (TPSA) is 37.8 Å². The highest BCUT2D eigenvalue weighted by Crippen LogP contribution is 2.26. The van der Waals surface area contributed by atoms with Gasteiger partial charge in [-0.15, -0.1) is 10.2 Å². The average molecular weight is 231 g/mol. The van der Waals surface area contributed by atoms with Crippen molar-refractivity contribution in [2.45, 2.75) is 20.0 Å². The molecule has 0 aromatic carbocycles. The minimum atomic E-state index is -4.44. The lowest BCUT2D eigenvalue weighted by molar-refractivity contribution is -0.141. The third-order valence-corrected chi connectivity index (χ3v) is 1.75. The van der Waals surface area contributed by atoms with Crippen LogP contribution in [0.3, 0.4) is 0 Å². The van der Waals surface area contributed by atoms with Crippen molar-refractivity contribution in [1.82, 2.24) is 10.2 Å². The molecule has 0 aliphatic heterocycles. The van der Waals surface area contributed by atoms with E-state index in [0.717, 1.165) is 11.6 Å². The summed E-state index contributed by atoms with van der Waals surface area (Å²) in [5.41, 5.74) is 0.132. The third kappa shape index (κ3) is 3.88. The Bertz CT molecular complexity index is 364. The Morgan fingerprint density at radius 2 is 2.00 bits per heavy atom. The summed E-state index contributed by atoms with van der Waals surface area (Å²) in [5, 5.41) is 9.36. The summed E-state index contributed by atoms with van der Waals surface area (Å²) >= 11 is 0. The van der Waals surface area contributed by atoms with Crippen LogP contribution >= 0.6 is 0 Å². The van der Waals surface area contributed by atoms with Gasteiger partial charge in [-0.25, -0.2) is 0 Å². The molecule has 6 heteroatoms. The number of rotatable bonds is 3. The molecule has 1 aromatic heterocycles. The zero-order valence-corrected chi connectivity index (χ0v) is 8.97. The van der Waals surface area contributed by atoms with Gasteiger partial charge in [0.15, 0.2) is 5.69 Å². The molecule has 0 radical (unpaired) electrons. The van der Waals surface area contributed by atoms with E-state index in [1.165, 1.54) is 6.07 Å². The quantitative estimate of drug-likeness (QED) is 0.813. The van der Waals surface area contributed by atoms with Crippen LogP contribution in [0.5, 0.6) is 0 Å². The lowest BCUT2D eigenvalue weighted by atomic mass is 10.3. The van der Waals surface area contributed by atoms with Gasteiger partial charge >= 0.3 is 6.18 Å². The molecule has 3 nitrogen and oxygen atoms in total. The molecular weight excluding hydrogens is 219 g/mol. The molecule has 0 aliphatic rings. The molecule has 0 spiro atoms. The van der Waals surface area contributed by atoms with Crippen molar-refractivity contribution in [2.24, 2.45) is 0 Å². The van der Waals surface area contributed by atoms with Crippen molar-refractivity contribution in [3.8, 4) is 0 Å². The first-order valence-corrected chi connectivity index (χ1v) is 4.68. The Hall–Kier alpha value is -1.59. The summed E-state index contributed by atoms with van der Waals surface area (Å²) in [6.45, 7) is 4.38. The first-order valence-electron chi connectivity index (χ1n) is 4.68. The summed E-state index contributed by atoms with van der Waals surface area (Å²) in [4.78, 5) is 0. The average Bonchev–Trinajstić information content (AvgIpc) is 2.16.